The molecule has 0 aliphatic carbocycles. The lowest BCUT2D eigenvalue weighted by Crippen LogP contribution is -1.99. The van der Waals surface area contributed by atoms with Gasteiger partial charge in [0.05, 0.1) is 26.2 Å². The number of aromatic amines is 1. The van der Waals surface area contributed by atoms with Gasteiger partial charge in [0.25, 0.3) is 0 Å². The molecule has 106 valence electrons. The Kier molecular flexibility index (Phi) is 4.74. The van der Waals surface area contributed by atoms with Crippen LogP contribution in [0.5, 0.6) is 11.5 Å². The summed E-state index contributed by atoms with van der Waals surface area (Å²) in [7, 11) is 3.28. The zero-order valence-corrected chi connectivity index (χ0v) is 12.7. The van der Waals surface area contributed by atoms with E-state index >= 15 is 0 Å². The molecule has 0 aliphatic heterocycles. The quantitative estimate of drug-likeness (QED) is 0.851. The summed E-state index contributed by atoms with van der Waals surface area (Å²) >= 11 is 5.34. The molecule has 2 aromatic rings. The molecule has 1 N–H and O–H groups in total. The number of benzene rings is 1. The van der Waals surface area contributed by atoms with E-state index in [4.69, 9.17) is 21.7 Å². The molecule has 0 radical (unpaired) electrons. The molecule has 0 atom stereocenters. The predicted octanol–water partition coefficient (Wildman–Crippen LogP) is 3.78. The van der Waals surface area contributed by atoms with Crippen molar-refractivity contribution in [3.8, 4) is 22.8 Å². The van der Waals surface area contributed by atoms with E-state index in [1.165, 1.54) is 0 Å². The first-order valence-electron chi connectivity index (χ1n) is 6.50. The van der Waals surface area contributed by atoms with E-state index < -0.39 is 0 Å². The Bertz CT molecular complexity index is 653. The van der Waals surface area contributed by atoms with E-state index in [2.05, 4.69) is 16.9 Å². The lowest BCUT2D eigenvalue weighted by atomic mass is 10.0. The van der Waals surface area contributed by atoms with Gasteiger partial charge >= 0.3 is 0 Å². The highest BCUT2D eigenvalue weighted by Crippen LogP contribution is 2.34. The van der Waals surface area contributed by atoms with Gasteiger partial charge in [-0.25, -0.2) is 4.98 Å². The van der Waals surface area contributed by atoms with Crippen LogP contribution in [0.2, 0.25) is 0 Å². The fourth-order valence-electron chi connectivity index (χ4n) is 2.15. The molecule has 1 aromatic carbocycles. The second kappa shape index (κ2) is 6.52. The molecule has 2 rings (SSSR count). The van der Waals surface area contributed by atoms with Crippen molar-refractivity contribution >= 4 is 12.2 Å². The molecule has 0 aliphatic rings. The molecule has 20 heavy (non-hydrogen) atoms. The average Bonchev–Trinajstić information content (AvgIpc) is 2.49. The van der Waals surface area contributed by atoms with Gasteiger partial charge in [0, 0.05) is 17.2 Å². The molecular weight excluding hydrogens is 272 g/mol. The first-order valence-corrected chi connectivity index (χ1v) is 6.91. The molecule has 0 fully saturated rings. The second-order valence-electron chi connectivity index (χ2n) is 4.38. The number of nitrogens with one attached hydrogen (secondary N) is 1. The standard InChI is InChI=1S/C15H18N2O2S/c1-4-5-12-14(16-9-17-15(12)20)11-7-6-10(18-2)8-13(11)19-3/h6-9H,4-5H2,1-3H3,(H,16,17,20). The van der Waals surface area contributed by atoms with Gasteiger partial charge in [-0.05, 0) is 18.6 Å². The van der Waals surface area contributed by atoms with E-state index in [0.717, 1.165) is 41.2 Å². The number of H-pyrrole nitrogens is 1. The Hall–Kier alpha value is -1.88. The van der Waals surface area contributed by atoms with Gasteiger partial charge in [-0.3, -0.25) is 0 Å². The summed E-state index contributed by atoms with van der Waals surface area (Å²) < 4.78 is 11.3. The molecule has 5 heteroatoms. The normalized spacial score (nSPS) is 10.3. The smallest absolute Gasteiger partial charge is 0.133 e. The van der Waals surface area contributed by atoms with Gasteiger partial charge in [-0.2, -0.15) is 0 Å². The van der Waals surface area contributed by atoms with Crippen LogP contribution in [0, 0.1) is 4.64 Å². The van der Waals surface area contributed by atoms with Crippen molar-refractivity contribution in [2.24, 2.45) is 0 Å². The van der Waals surface area contributed by atoms with Crippen LogP contribution in [-0.2, 0) is 6.42 Å². The minimum atomic E-state index is 0.637. The predicted molar refractivity (Wildman–Crippen MR) is 82.0 cm³/mol. The van der Waals surface area contributed by atoms with Crippen molar-refractivity contribution in [2.75, 3.05) is 14.2 Å². The molecule has 0 unspecified atom stereocenters. The minimum absolute atomic E-state index is 0.637. The molecule has 1 aromatic heterocycles. The highest BCUT2D eigenvalue weighted by Gasteiger charge is 2.13. The van der Waals surface area contributed by atoms with Crippen LogP contribution in [0.15, 0.2) is 24.5 Å². The Morgan fingerprint density at radius 3 is 2.70 bits per heavy atom. The van der Waals surface area contributed by atoms with E-state index in [1.54, 1.807) is 20.5 Å². The summed E-state index contributed by atoms with van der Waals surface area (Å²) in [5, 5.41) is 0. The molecule has 4 nitrogen and oxygen atoms in total. The molecule has 1 heterocycles. The van der Waals surface area contributed by atoms with Crippen LogP contribution in [-0.4, -0.2) is 24.2 Å². The Morgan fingerprint density at radius 2 is 2.05 bits per heavy atom. The van der Waals surface area contributed by atoms with Crippen molar-refractivity contribution in [1.29, 1.82) is 0 Å². The lowest BCUT2D eigenvalue weighted by molar-refractivity contribution is 0.395. The van der Waals surface area contributed by atoms with Gasteiger partial charge in [0.1, 0.15) is 16.1 Å². The molecule has 0 amide bonds. The highest BCUT2D eigenvalue weighted by atomic mass is 32.1. The van der Waals surface area contributed by atoms with Crippen molar-refractivity contribution in [1.82, 2.24) is 9.97 Å². The van der Waals surface area contributed by atoms with Crippen molar-refractivity contribution in [3.63, 3.8) is 0 Å². The minimum Gasteiger partial charge on any atom is -0.497 e. The Labute approximate surface area is 123 Å². The largest absolute Gasteiger partial charge is 0.497 e. The maximum absolute atomic E-state index is 5.46. The Morgan fingerprint density at radius 1 is 1.25 bits per heavy atom. The van der Waals surface area contributed by atoms with E-state index in [-0.39, 0.29) is 0 Å². The zero-order valence-electron chi connectivity index (χ0n) is 11.9. The summed E-state index contributed by atoms with van der Waals surface area (Å²) in [6.45, 7) is 2.12. The van der Waals surface area contributed by atoms with Crippen LogP contribution in [0.25, 0.3) is 11.3 Å². The lowest BCUT2D eigenvalue weighted by Gasteiger charge is -2.13. The van der Waals surface area contributed by atoms with Crippen molar-refractivity contribution in [2.45, 2.75) is 19.8 Å². The number of rotatable bonds is 5. The third kappa shape index (κ3) is 2.82. The van der Waals surface area contributed by atoms with Gasteiger partial charge in [-0.15, -0.1) is 0 Å². The summed E-state index contributed by atoms with van der Waals surface area (Å²) in [6, 6.07) is 5.74. The number of ether oxygens (including phenoxy) is 2. The Balaban J connectivity index is 2.62. The maximum Gasteiger partial charge on any atom is 0.133 e. The molecule has 0 spiro atoms. The summed E-state index contributed by atoms with van der Waals surface area (Å²) in [5.74, 6) is 1.51. The maximum atomic E-state index is 5.46. The first-order chi connectivity index (χ1) is 9.71. The zero-order chi connectivity index (χ0) is 14.5. The molecule has 0 saturated carbocycles. The highest BCUT2D eigenvalue weighted by molar-refractivity contribution is 7.71. The molecule has 0 saturated heterocycles. The van der Waals surface area contributed by atoms with Gasteiger partial charge in [-0.1, -0.05) is 25.6 Å². The van der Waals surface area contributed by atoms with Crippen LogP contribution in [0.1, 0.15) is 18.9 Å². The van der Waals surface area contributed by atoms with Crippen molar-refractivity contribution in [3.05, 3.63) is 34.7 Å². The fourth-order valence-corrected chi connectivity index (χ4v) is 2.41. The van der Waals surface area contributed by atoms with Gasteiger partial charge in [0.15, 0.2) is 0 Å². The van der Waals surface area contributed by atoms with Gasteiger partial charge < -0.3 is 14.5 Å². The number of hydrogen-bond donors (Lipinski definition) is 1. The summed E-state index contributed by atoms with van der Waals surface area (Å²) in [5.41, 5.74) is 2.98. The third-order valence-electron chi connectivity index (χ3n) is 3.13. The van der Waals surface area contributed by atoms with Crippen LogP contribution in [0.4, 0.5) is 0 Å². The molecular formula is C15H18N2O2S. The summed E-state index contributed by atoms with van der Waals surface area (Å²) in [4.78, 5) is 7.36. The van der Waals surface area contributed by atoms with E-state index in [0.29, 0.717) is 4.64 Å². The number of hydrogen-bond acceptors (Lipinski definition) is 4. The molecule has 0 bridgehead atoms. The SMILES string of the molecule is CCCc1c(-c2ccc(OC)cc2OC)[nH]cnc1=S. The monoisotopic (exact) mass is 290 g/mol. The topological polar surface area (TPSA) is 47.1 Å². The number of nitrogens with zero attached hydrogens (tertiary/aromatic N) is 1. The fraction of sp³-hybridized carbons (Fsp3) is 0.333. The van der Waals surface area contributed by atoms with E-state index in [9.17, 15) is 0 Å². The first kappa shape index (κ1) is 14.5. The third-order valence-corrected chi connectivity index (χ3v) is 3.48. The number of aromatic nitrogens is 2. The van der Waals surface area contributed by atoms with E-state index in [1.807, 2.05) is 18.2 Å². The van der Waals surface area contributed by atoms with Crippen LogP contribution >= 0.6 is 12.2 Å². The average molecular weight is 290 g/mol. The van der Waals surface area contributed by atoms with Crippen LogP contribution in [0.3, 0.4) is 0 Å². The summed E-state index contributed by atoms with van der Waals surface area (Å²) in [6.07, 6.45) is 3.52. The number of methoxy groups -OCH3 is 2. The second-order valence-corrected chi connectivity index (χ2v) is 4.76. The van der Waals surface area contributed by atoms with Crippen LogP contribution < -0.4 is 9.47 Å². The van der Waals surface area contributed by atoms with Gasteiger partial charge in [0.2, 0.25) is 0 Å². The van der Waals surface area contributed by atoms with Crippen molar-refractivity contribution < 1.29 is 9.47 Å².